The number of sulfonamides is 1. The highest BCUT2D eigenvalue weighted by molar-refractivity contribution is 7.93. The zero-order chi connectivity index (χ0) is 16.8. The number of halogens is 2. The van der Waals surface area contributed by atoms with Crippen LogP contribution in [0.5, 0.6) is 0 Å². The van der Waals surface area contributed by atoms with Gasteiger partial charge in [-0.2, -0.15) is 0 Å². The van der Waals surface area contributed by atoms with Gasteiger partial charge in [0.2, 0.25) is 5.91 Å². The van der Waals surface area contributed by atoms with Crippen molar-refractivity contribution in [3.63, 3.8) is 0 Å². The van der Waals surface area contributed by atoms with Crippen molar-refractivity contribution in [1.29, 1.82) is 0 Å². The maximum Gasteiger partial charge on any atom is 0.264 e. The van der Waals surface area contributed by atoms with Crippen molar-refractivity contribution in [1.82, 2.24) is 0 Å². The van der Waals surface area contributed by atoms with Crippen LogP contribution in [0.2, 0.25) is 8.67 Å². The average molecular weight is 391 g/mol. The molecule has 1 amide bonds. The highest BCUT2D eigenvalue weighted by atomic mass is 35.5. The number of hydrogen-bond acceptors (Lipinski definition) is 4. The fourth-order valence-corrected chi connectivity index (χ4v) is 5.71. The van der Waals surface area contributed by atoms with Crippen molar-refractivity contribution in [2.24, 2.45) is 0 Å². The van der Waals surface area contributed by atoms with Crippen molar-refractivity contribution < 1.29 is 13.2 Å². The second-order valence-electron chi connectivity index (χ2n) is 5.06. The molecule has 0 saturated carbocycles. The molecule has 0 bridgehead atoms. The minimum Gasteiger partial charge on any atom is -0.312 e. The highest BCUT2D eigenvalue weighted by Crippen LogP contribution is 2.36. The second kappa shape index (κ2) is 5.98. The summed E-state index contributed by atoms with van der Waals surface area (Å²) in [7, 11) is -3.81. The number of nitrogens with zero attached hydrogens (tertiary/aromatic N) is 1. The summed E-state index contributed by atoms with van der Waals surface area (Å²) in [5.41, 5.74) is 2.17. The van der Waals surface area contributed by atoms with Gasteiger partial charge in [-0.1, -0.05) is 23.2 Å². The van der Waals surface area contributed by atoms with E-state index in [-0.39, 0.29) is 15.1 Å². The van der Waals surface area contributed by atoms with Crippen LogP contribution in [0.25, 0.3) is 0 Å². The molecule has 1 aliphatic heterocycles. The van der Waals surface area contributed by atoms with E-state index >= 15 is 0 Å². The van der Waals surface area contributed by atoms with Crippen LogP contribution in [0.1, 0.15) is 12.5 Å². The molecule has 1 N–H and O–H groups in total. The molecular weight excluding hydrogens is 379 g/mol. The molecule has 23 heavy (non-hydrogen) atoms. The van der Waals surface area contributed by atoms with E-state index in [4.69, 9.17) is 23.2 Å². The predicted octanol–water partition coefficient (Wildman–Crippen LogP) is 3.76. The van der Waals surface area contributed by atoms with Crippen molar-refractivity contribution in [3.05, 3.63) is 38.5 Å². The number of thiophene rings is 1. The SMILES string of the molecule is CC(=O)N1CCc2cc(NS(=O)(=O)c3cc(Cl)sc3Cl)ccc21. The Morgan fingerprint density at radius 3 is 2.65 bits per heavy atom. The lowest BCUT2D eigenvalue weighted by molar-refractivity contribution is -0.116. The molecule has 5 nitrogen and oxygen atoms in total. The Hall–Kier alpha value is -1.28. The lowest BCUT2D eigenvalue weighted by Gasteiger charge is -2.15. The van der Waals surface area contributed by atoms with Crippen LogP contribution in [-0.4, -0.2) is 20.9 Å². The lowest BCUT2D eigenvalue weighted by atomic mass is 10.1. The third-order valence-corrected chi connectivity index (χ3v) is 6.66. The monoisotopic (exact) mass is 390 g/mol. The summed E-state index contributed by atoms with van der Waals surface area (Å²) < 4.78 is 27.7. The maximum absolute atomic E-state index is 12.4. The van der Waals surface area contributed by atoms with Gasteiger partial charge in [-0.25, -0.2) is 8.42 Å². The summed E-state index contributed by atoms with van der Waals surface area (Å²) in [6.45, 7) is 2.11. The number of hydrogen-bond donors (Lipinski definition) is 1. The molecule has 0 atom stereocenters. The topological polar surface area (TPSA) is 66.5 Å². The fourth-order valence-electron chi connectivity index (χ4n) is 2.51. The van der Waals surface area contributed by atoms with Gasteiger partial charge in [0.05, 0.1) is 4.34 Å². The number of carbonyl (C=O) groups is 1. The van der Waals surface area contributed by atoms with Crippen LogP contribution in [-0.2, 0) is 21.2 Å². The number of amides is 1. The average Bonchev–Trinajstić information content (AvgIpc) is 3.01. The van der Waals surface area contributed by atoms with Crippen LogP contribution in [0.4, 0.5) is 11.4 Å². The van der Waals surface area contributed by atoms with Gasteiger partial charge in [0.1, 0.15) is 9.23 Å². The van der Waals surface area contributed by atoms with E-state index in [0.717, 1.165) is 22.6 Å². The van der Waals surface area contributed by atoms with E-state index in [9.17, 15) is 13.2 Å². The summed E-state index contributed by atoms with van der Waals surface area (Å²) >= 11 is 12.7. The molecule has 0 aliphatic carbocycles. The Bertz CT molecular complexity index is 893. The van der Waals surface area contributed by atoms with Gasteiger partial charge < -0.3 is 4.90 Å². The number of nitrogens with one attached hydrogen (secondary N) is 1. The first kappa shape index (κ1) is 16.6. The molecule has 0 unspecified atom stereocenters. The third-order valence-electron chi connectivity index (χ3n) is 3.52. The van der Waals surface area contributed by atoms with E-state index in [1.807, 2.05) is 0 Å². The Morgan fingerprint density at radius 1 is 1.30 bits per heavy atom. The van der Waals surface area contributed by atoms with Gasteiger partial charge in [0.15, 0.2) is 0 Å². The van der Waals surface area contributed by atoms with Crippen molar-refractivity contribution in [3.8, 4) is 0 Å². The van der Waals surface area contributed by atoms with Crippen LogP contribution in [0.15, 0.2) is 29.2 Å². The highest BCUT2D eigenvalue weighted by Gasteiger charge is 2.24. The summed E-state index contributed by atoms with van der Waals surface area (Å²) in [6.07, 6.45) is 0.690. The largest absolute Gasteiger partial charge is 0.312 e. The summed E-state index contributed by atoms with van der Waals surface area (Å²) in [5.74, 6) is -0.0308. The molecule has 9 heteroatoms. The van der Waals surface area contributed by atoms with E-state index in [1.165, 1.54) is 13.0 Å². The maximum atomic E-state index is 12.4. The molecule has 2 aromatic rings. The Kier molecular flexibility index (Phi) is 4.31. The van der Waals surface area contributed by atoms with Crippen LogP contribution in [0.3, 0.4) is 0 Å². The minimum absolute atomic E-state index is 0.0308. The number of anilines is 2. The lowest BCUT2D eigenvalue weighted by Crippen LogP contribution is -2.25. The van der Waals surface area contributed by atoms with Crippen molar-refractivity contribution in [2.75, 3.05) is 16.2 Å². The van der Waals surface area contributed by atoms with Crippen LogP contribution >= 0.6 is 34.5 Å². The standard InChI is InChI=1S/C14H12Cl2N2O3S2/c1-8(19)18-5-4-9-6-10(2-3-11(9)18)17-23(20,21)12-7-13(15)22-14(12)16/h2-3,6-7,17H,4-5H2,1H3. The molecule has 122 valence electrons. The van der Waals surface area contributed by atoms with E-state index in [0.29, 0.717) is 23.0 Å². The first-order chi connectivity index (χ1) is 10.8. The van der Waals surface area contributed by atoms with Crippen molar-refractivity contribution in [2.45, 2.75) is 18.2 Å². The van der Waals surface area contributed by atoms with Crippen LogP contribution < -0.4 is 9.62 Å². The van der Waals surface area contributed by atoms with Crippen molar-refractivity contribution >= 4 is 61.8 Å². The fraction of sp³-hybridized carbons (Fsp3) is 0.214. The first-order valence-electron chi connectivity index (χ1n) is 6.66. The molecule has 3 rings (SSSR count). The zero-order valence-electron chi connectivity index (χ0n) is 12.0. The summed E-state index contributed by atoms with van der Waals surface area (Å²) in [4.78, 5) is 13.2. The molecule has 1 aliphatic rings. The molecule has 1 aromatic carbocycles. The van der Waals surface area contributed by atoms with Gasteiger partial charge in [0, 0.05) is 24.8 Å². The molecule has 0 radical (unpaired) electrons. The Balaban J connectivity index is 1.90. The molecule has 0 spiro atoms. The number of carbonyl (C=O) groups excluding carboxylic acids is 1. The third kappa shape index (κ3) is 3.19. The minimum atomic E-state index is -3.81. The van der Waals surface area contributed by atoms with Crippen LogP contribution in [0, 0.1) is 0 Å². The van der Waals surface area contributed by atoms with Gasteiger partial charge in [-0.05, 0) is 36.2 Å². The Labute approximate surface area is 147 Å². The quantitative estimate of drug-likeness (QED) is 0.866. The summed E-state index contributed by atoms with van der Waals surface area (Å²) in [6, 6.07) is 6.42. The molecular formula is C14H12Cl2N2O3S2. The number of fused-ring (bicyclic) bond motifs is 1. The van der Waals surface area contributed by atoms with Gasteiger partial charge >= 0.3 is 0 Å². The Morgan fingerprint density at radius 2 is 2.04 bits per heavy atom. The predicted molar refractivity (Wildman–Crippen MR) is 93.3 cm³/mol. The smallest absolute Gasteiger partial charge is 0.264 e. The molecule has 1 aromatic heterocycles. The van der Waals surface area contributed by atoms with E-state index in [2.05, 4.69) is 4.72 Å². The van der Waals surface area contributed by atoms with E-state index < -0.39 is 10.0 Å². The zero-order valence-corrected chi connectivity index (χ0v) is 15.1. The van der Waals surface area contributed by atoms with Gasteiger partial charge in [0.25, 0.3) is 10.0 Å². The molecule has 0 fully saturated rings. The van der Waals surface area contributed by atoms with E-state index in [1.54, 1.807) is 23.1 Å². The first-order valence-corrected chi connectivity index (χ1v) is 9.72. The number of benzene rings is 1. The molecule has 2 heterocycles. The van der Waals surface area contributed by atoms with Gasteiger partial charge in [-0.15, -0.1) is 11.3 Å². The number of rotatable bonds is 3. The van der Waals surface area contributed by atoms with Gasteiger partial charge in [-0.3, -0.25) is 9.52 Å². The molecule has 0 saturated heterocycles. The second-order valence-corrected chi connectivity index (χ2v) is 8.99. The summed E-state index contributed by atoms with van der Waals surface area (Å²) in [5, 5.41) is 0. The normalized spacial score (nSPS) is 14.0.